The quantitative estimate of drug-likeness (QED) is 0.854. The number of hydrogen-bond acceptors (Lipinski definition) is 3. The van der Waals surface area contributed by atoms with E-state index in [1.807, 2.05) is 30.3 Å². The predicted octanol–water partition coefficient (Wildman–Crippen LogP) is 3.28. The number of aliphatic hydroxyl groups is 1. The lowest BCUT2D eigenvalue weighted by atomic mass is 9.70. The van der Waals surface area contributed by atoms with Crippen molar-refractivity contribution in [2.45, 2.75) is 49.6 Å². The topological polar surface area (TPSA) is 57.6 Å². The summed E-state index contributed by atoms with van der Waals surface area (Å²) in [5, 5.41) is 10.3. The van der Waals surface area contributed by atoms with Gasteiger partial charge in [-0.05, 0) is 55.9 Å². The van der Waals surface area contributed by atoms with Crippen molar-refractivity contribution in [3.63, 3.8) is 0 Å². The maximum absolute atomic E-state index is 14.4. The van der Waals surface area contributed by atoms with Crippen molar-refractivity contribution in [1.29, 1.82) is 0 Å². The molecule has 27 heavy (non-hydrogen) atoms. The Kier molecular flexibility index (Phi) is 4.61. The molecule has 2 aromatic rings. The summed E-state index contributed by atoms with van der Waals surface area (Å²) in [6.07, 6.45) is 2.68. The van der Waals surface area contributed by atoms with Crippen molar-refractivity contribution in [3.05, 3.63) is 65.5 Å². The molecule has 0 spiro atoms. The molecule has 4 nitrogen and oxygen atoms in total. The van der Waals surface area contributed by atoms with Crippen LogP contribution in [0.15, 0.2) is 53.4 Å². The van der Waals surface area contributed by atoms with Gasteiger partial charge >= 0.3 is 0 Å². The fourth-order valence-electron chi connectivity index (χ4n) is 4.94. The Morgan fingerprint density at radius 2 is 1.93 bits per heavy atom. The maximum atomic E-state index is 14.4. The third-order valence-electron chi connectivity index (χ3n) is 6.15. The highest BCUT2D eigenvalue weighted by atomic mass is 32.2. The van der Waals surface area contributed by atoms with Gasteiger partial charge in [0.25, 0.3) is 0 Å². The van der Waals surface area contributed by atoms with Gasteiger partial charge in [-0.3, -0.25) is 0 Å². The van der Waals surface area contributed by atoms with Crippen LogP contribution in [0.3, 0.4) is 0 Å². The fourth-order valence-corrected chi connectivity index (χ4v) is 7.05. The van der Waals surface area contributed by atoms with Crippen LogP contribution in [-0.2, 0) is 16.4 Å². The molecule has 0 saturated carbocycles. The molecule has 0 aromatic heterocycles. The molecule has 2 fully saturated rings. The Bertz CT molecular complexity index is 947. The highest BCUT2D eigenvalue weighted by molar-refractivity contribution is 7.89. The maximum Gasteiger partial charge on any atom is 0.246 e. The van der Waals surface area contributed by atoms with Crippen molar-refractivity contribution in [2.24, 2.45) is 5.41 Å². The fraction of sp³-hybridized carbons (Fsp3) is 0.429. The number of sulfonamides is 1. The first-order chi connectivity index (χ1) is 12.9. The van der Waals surface area contributed by atoms with Crippen LogP contribution in [0.4, 0.5) is 4.39 Å². The SMILES string of the molecule is Cc1ccc(F)c(S(=O)(=O)N2[C@H]3CC[C@@H]2[C@@](CO)(Cc2ccccc2)C3)c1. The van der Waals surface area contributed by atoms with E-state index >= 15 is 0 Å². The molecule has 0 amide bonds. The molecule has 0 radical (unpaired) electrons. The zero-order chi connectivity index (χ0) is 19.2. The van der Waals surface area contributed by atoms with Crippen molar-refractivity contribution in [3.8, 4) is 0 Å². The molecule has 0 unspecified atom stereocenters. The Morgan fingerprint density at radius 3 is 2.63 bits per heavy atom. The summed E-state index contributed by atoms with van der Waals surface area (Å²) in [7, 11) is -3.95. The first-order valence-corrected chi connectivity index (χ1v) is 10.8. The molecule has 1 N–H and O–H groups in total. The summed E-state index contributed by atoms with van der Waals surface area (Å²) in [5.41, 5.74) is 1.27. The first-order valence-electron chi connectivity index (χ1n) is 9.32. The molecule has 3 atom stereocenters. The van der Waals surface area contributed by atoms with E-state index in [-0.39, 0.29) is 23.6 Å². The zero-order valence-electron chi connectivity index (χ0n) is 15.3. The van der Waals surface area contributed by atoms with Gasteiger partial charge in [0, 0.05) is 17.5 Å². The van der Waals surface area contributed by atoms with E-state index in [0.717, 1.165) is 12.0 Å². The molecule has 2 aliphatic rings. The normalized spacial score (nSPS) is 28.0. The lowest BCUT2D eigenvalue weighted by molar-refractivity contribution is 0.0888. The molecule has 144 valence electrons. The minimum absolute atomic E-state index is 0.0780. The predicted molar refractivity (Wildman–Crippen MR) is 101 cm³/mol. The summed E-state index contributed by atoms with van der Waals surface area (Å²) in [5.74, 6) is -0.718. The van der Waals surface area contributed by atoms with E-state index in [4.69, 9.17) is 0 Å². The van der Waals surface area contributed by atoms with E-state index < -0.39 is 21.3 Å². The van der Waals surface area contributed by atoms with Crippen molar-refractivity contribution in [1.82, 2.24) is 4.31 Å². The number of halogens is 1. The molecule has 2 saturated heterocycles. The second-order valence-electron chi connectivity index (χ2n) is 7.90. The number of aryl methyl sites for hydroxylation is 1. The van der Waals surface area contributed by atoms with Gasteiger partial charge in [0.1, 0.15) is 10.7 Å². The number of rotatable bonds is 5. The number of fused-ring (bicyclic) bond motifs is 2. The average Bonchev–Trinajstić information content (AvgIpc) is 3.21. The highest BCUT2D eigenvalue weighted by Gasteiger charge is 2.59. The van der Waals surface area contributed by atoms with E-state index in [2.05, 4.69) is 0 Å². The third kappa shape index (κ3) is 3.00. The van der Waals surface area contributed by atoms with E-state index in [0.29, 0.717) is 24.8 Å². The van der Waals surface area contributed by atoms with Gasteiger partial charge in [0.05, 0.1) is 6.61 Å². The number of nitrogens with zero attached hydrogens (tertiary/aromatic N) is 1. The van der Waals surface area contributed by atoms with Crippen LogP contribution in [0.2, 0.25) is 0 Å². The van der Waals surface area contributed by atoms with Crippen molar-refractivity contribution >= 4 is 10.0 Å². The van der Waals surface area contributed by atoms with Gasteiger partial charge in [-0.25, -0.2) is 12.8 Å². The minimum atomic E-state index is -3.95. The standard InChI is InChI=1S/C21H24FNO3S/c1-15-7-9-18(22)19(11-15)27(25,26)23-17-8-10-20(23)21(13-17,14-24)12-16-5-3-2-4-6-16/h2-7,9,11,17,20,24H,8,10,12-14H2,1H3/t17-,20+,21-/m0/s1. The Hall–Kier alpha value is -1.76. The smallest absolute Gasteiger partial charge is 0.246 e. The van der Waals surface area contributed by atoms with Gasteiger partial charge in [-0.1, -0.05) is 36.4 Å². The summed E-state index contributed by atoms with van der Waals surface area (Å²) in [6, 6.07) is 13.5. The lowest BCUT2D eigenvalue weighted by Crippen LogP contribution is -2.44. The molecule has 2 bridgehead atoms. The van der Waals surface area contributed by atoms with Gasteiger partial charge < -0.3 is 5.11 Å². The third-order valence-corrected chi connectivity index (χ3v) is 8.12. The van der Waals surface area contributed by atoms with E-state index in [1.165, 1.54) is 16.4 Å². The summed E-state index contributed by atoms with van der Waals surface area (Å²) in [6.45, 7) is 1.68. The summed E-state index contributed by atoms with van der Waals surface area (Å²) in [4.78, 5) is -0.257. The van der Waals surface area contributed by atoms with Gasteiger partial charge in [0.15, 0.2) is 0 Å². The molecular formula is C21H24FNO3S. The molecular weight excluding hydrogens is 365 g/mol. The number of hydrogen-bond donors (Lipinski definition) is 1. The Labute approximate surface area is 159 Å². The van der Waals surface area contributed by atoms with Crippen molar-refractivity contribution < 1.29 is 17.9 Å². The monoisotopic (exact) mass is 389 g/mol. The van der Waals surface area contributed by atoms with Gasteiger partial charge in [-0.15, -0.1) is 0 Å². The average molecular weight is 389 g/mol. The van der Waals surface area contributed by atoms with Crippen LogP contribution >= 0.6 is 0 Å². The number of benzene rings is 2. The van der Waals surface area contributed by atoms with Gasteiger partial charge in [0.2, 0.25) is 10.0 Å². The van der Waals surface area contributed by atoms with Gasteiger partial charge in [-0.2, -0.15) is 4.31 Å². The van der Waals surface area contributed by atoms with E-state index in [9.17, 15) is 17.9 Å². The molecule has 2 heterocycles. The molecule has 2 aliphatic heterocycles. The molecule has 2 aromatic carbocycles. The lowest BCUT2D eigenvalue weighted by Gasteiger charge is -2.36. The van der Waals surface area contributed by atoms with Crippen LogP contribution in [0.25, 0.3) is 0 Å². The van der Waals surface area contributed by atoms with Crippen LogP contribution in [0, 0.1) is 18.2 Å². The van der Waals surface area contributed by atoms with Crippen LogP contribution in [0.1, 0.15) is 30.4 Å². The zero-order valence-corrected chi connectivity index (χ0v) is 16.1. The highest BCUT2D eigenvalue weighted by Crippen LogP contribution is 2.53. The first kappa shape index (κ1) is 18.6. The Morgan fingerprint density at radius 1 is 1.19 bits per heavy atom. The van der Waals surface area contributed by atoms with Crippen LogP contribution in [0.5, 0.6) is 0 Å². The summed E-state index contributed by atoms with van der Waals surface area (Å²) < 4.78 is 42.5. The Balaban J connectivity index is 1.72. The largest absolute Gasteiger partial charge is 0.396 e. The molecule has 6 heteroatoms. The van der Waals surface area contributed by atoms with Crippen LogP contribution in [-0.4, -0.2) is 36.5 Å². The van der Waals surface area contributed by atoms with Crippen molar-refractivity contribution in [2.75, 3.05) is 6.61 Å². The summed E-state index contributed by atoms with van der Waals surface area (Å²) >= 11 is 0. The van der Waals surface area contributed by atoms with E-state index in [1.54, 1.807) is 13.0 Å². The number of aliphatic hydroxyl groups excluding tert-OH is 1. The molecule has 0 aliphatic carbocycles. The minimum Gasteiger partial charge on any atom is -0.396 e. The second-order valence-corrected chi connectivity index (χ2v) is 9.71. The molecule has 4 rings (SSSR count). The van der Waals surface area contributed by atoms with Crippen LogP contribution < -0.4 is 0 Å². The second kappa shape index (κ2) is 6.69.